The molecule has 0 unspecified atom stereocenters. The summed E-state index contributed by atoms with van der Waals surface area (Å²) >= 11 is 0. The molecular weight excluding hydrogens is 393 g/mol. The number of anilines is 1. The maximum absolute atomic E-state index is 13.2. The molecule has 0 spiro atoms. The van der Waals surface area contributed by atoms with Crippen molar-refractivity contribution in [3.8, 4) is 5.75 Å². The molecule has 0 N–H and O–H groups in total. The van der Waals surface area contributed by atoms with Crippen molar-refractivity contribution in [3.63, 3.8) is 0 Å². The number of esters is 1. The minimum atomic E-state index is -0.599. The molecule has 0 aliphatic heterocycles. The Balaban J connectivity index is 1.78. The Bertz CT molecular complexity index is 1120. The maximum Gasteiger partial charge on any atom is 0.336 e. The SMILES string of the molecule is CCOC(=O)CN(C(=O)COc1ccc2c(C)cc(=O)oc2c1)c1ccc(F)cc1. The molecule has 1 heterocycles. The van der Waals surface area contributed by atoms with E-state index in [-0.39, 0.29) is 13.2 Å². The summed E-state index contributed by atoms with van der Waals surface area (Å²) in [4.78, 5) is 37.4. The zero-order valence-corrected chi connectivity index (χ0v) is 16.5. The van der Waals surface area contributed by atoms with Crippen LogP contribution in [-0.4, -0.2) is 31.6 Å². The van der Waals surface area contributed by atoms with Gasteiger partial charge in [-0.05, 0) is 55.8 Å². The van der Waals surface area contributed by atoms with Crippen LogP contribution in [0, 0.1) is 12.7 Å². The average molecular weight is 413 g/mol. The summed E-state index contributed by atoms with van der Waals surface area (Å²) in [6.45, 7) is 2.89. The van der Waals surface area contributed by atoms with Crippen molar-refractivity contribution in [3.05, 3.63) is 70.3 Å². The molecule has 3 rings (SSSR count). The highest BCUT2D eigenvalue weighted by Gasteiger charge is 2.21. The van der Waals surface area contributed by atoms with Gasteiger partial charge in [0, 0.05) is 23.2 Å². The number of hydrogen-bond donors (Lipinski definition) is 0. The summed E-state index contributed by atoms with van der Waals surface area (Å²) in [5.74, 6) is -1.27. The molecule has 1 aromatic heterocycles. The fourth-order valence-corrected chi connectivity index (χ4v) is 2.90. The van der Waals surface area contributed by atoms with Gasteiger partial charge in [0.2, 0.25) is 0 Å². The Morgan fingerprint density at radius 1 is 1.10 bits per heavy atom. The van der Waals surface area contributed by atoms with Crippen molar-refractivity contribution in [2.45, 2.75) is 13.8 Å². The fraction of sp³-hybridized carbons (Fsp3) is 0.227. The monoisotopic (exact) mass is 413 g/mol. The number of rotatable bonds is 7. The van der Waals surface area contributed by atoms with Gasteiger partial charge in [-0.3, -0.25) is 14.5 Å². The first-order valence-corrected chi connectivity index (χ1v) is 9.26. The largest absolute Gasteiger partial charge is 0.484 e. The van der Waals surface area contributed by atoms with Crippen molar-refractivity contribution < 1.29 is 27.9 Å². The van der Waals surface area contributed by atoms with Crippen LogP contribution in [0.2, 0.25) is 0 Å². The minimum Gasteiger partial charge on any atom is -0.484 e. The van der Waals surface area contributed by atoms with Gasteiger partial charge in [-0.2, -0.15) is 0 Å². The third kappa shape index (κ3) is 5.02. The minimum absolute atomic E-state index is 0.169. The lowest BCUT2D eigenvalue weighted by molar-refractivity contribution is -0.142. The number of amides is 1. The van der Waals surface area contributed by atoms with E-state index in [1.165, 1.54) is 36.4 Å². The summed E-state index contributed by atoms with van der Waals surface area (Å²) in [5, 5.41) is 0.753. The van der Waals surface area contributed by atoms with Crippen LogP contribution in [0.3, 0.4) is 0 Å². The molecular formula is C22H20FNO6. The number of carbonyl (C=O) groups excluding carboxylic acids is 2. The number of halogens is 1. The number of carbonyl (C=O) groups is 2. The lowest BCUT2D eigenvalue weighted by Crippen LogP contribution is -2.39. The Morgan fingerprint density at radius 2 is 1.83 bits per heavy atom. The lowest BCUT2D eigenvalue weighted by Gasteiger charge is -2.22. The van der Waals surface area contributed by atoms with Crippen molar-refractivity contribution in [1.29, 1.82) is 0 Å². The molecule has 30 heavy (non-hydrogen) atoms. The first-order valence-electron chi connectivity index (χ1n) is 9.26. The first-order chi connectivity index (χ1) is 14.4. The van der Waals surface area contributed by atoms with Gasteiger partial charge in [0.1, 0.15) is 23.7 Å². The summed E-state index contributed by atoms with van der Waals surface area (Å²) in [5.41, 5.74) is 0.955. The number of ether oxygens (including phenoxy) is 2. The third-order valence-corrected chi connectivity index (χ3v) is 4.32. The average Bonchev–Trinajstić information content (AvgIpc) is 2.71. The van der Waals surface area contributed by atoms with E-state index in [1.54, 1.807) is 26.0 Å². The van der Waals surface area contributed by atoms with Gasteiger partial charge in [0.05, 0.1) is 6.61 Å². The van der Waals surface area contributed by atoms with E-state index >= 15 is 0 Å². The molecule has 0 aliphatic carbocycles. The quantitative estimate of drug-likeness (QED) is 0.437. The third-order valence-electron chi connectivity index (χ3n) is 4.32. The number of hydrogen-bond acceptors (Lipinski definition) is 6. The molecule has 7 nitrogen and oxygen atoms in total. The molecule has 0 atom stereocenters. The van der Waals surface area contributed by atoms with Gasteiger partial charge in [-0.1, -0.05) is 0 Å². The second-order valence-electron chi connectivity index (χ2n) is 6.46. The van der Waals surface area contributed by atoms with E-state index < -0.39 is 29.9 Å². The van der Waals surface area contributed by atoms with E-state index in [4.69, 9.17) is 13.9 Å². The van der Waals surface area contributed by atoms with Gasteiger partial charge >= 0.3 is 11.6 Å². The molecule has 2 aromatic carbocycles. The van der Waals surface area contributed by atoms with Crippen LogP contribution in [0.25, 0.3) is 11.0 Å². The highest BCUT2D eigenvalue weighted by molar-refractivity contribution is 5.98. The fourth-order valence-electron chi connectivity index (χ4n) is 2.90. The Kier molecular flexibility index (Phi) is 6.46. The standard InChI is InChI=1S/C22H20FNO6/c1-3-28-22(27)12-24(16-6-4-15(23)5-7-16)20(25)13-29-17-8-9-18-14(2)10-21(26)30-19(18)11-17/h4-11H,3,12-13H2,1-2H3. The molecule has 8 heteroatoms. The van der Waals surface area contributed by atoms with E-state index in [2.05, 4.69) is 0 Å². The van der Waals surface area contributed by atoms with Crippen LogP contribution in [0.4, 0.5) is 10.1 Å². The van der Waals surface area contributed by atoms with Crippen molar-refractivity contribution in [2.75, 3.05) is 24.7 Å². The second-order valence-corrected chi connectivity index (χ2v) is 6.46. The van der Waals surface area contributed by atoms with Crippen LogP contribution in [0.1, 0.15) is 12.5 Å². The van der Waals surface area contributed by atoms with Crippen LogP contribution >= 0.6 is 0 Å². The molecule has 0 aliphatic rings. The van der Waals surface area contributed by atoms with Gasteiger partial charge in [-0.15, -0.1) is 0 Å². The van der Waals surface area contributed by atoms with E-state index in [1.807, 2.05) is 0 Å². The number of aryl methyl sites for hydroxylation is 1. The van der Waals surface area contributed by atoms with Crippen LogP contribution in [-0.2, 0) is 14.3 Å². The number of fused-ring (bicyclic) bond motifs is 1. The van der Waals surface area contributed by atoms with Crippen molar-refractivity contribution in [1.82, 2.24) is 0 Å². The van der Waals surface area contributed by atoms with Crippen molar-refractivity contribution >= 4 is 28.5 Å². The maximum atomic E-state index is 13.2. The molecule has 3 aromatic rings. The topological polar surface area (TPSA) is 86.0 Å². The zero-order chi connectivity index (χ0) is 21.7. The zero-order valence-electron chi connectivity index (χ0n) is 16.5. The second kappa shape index (κ2) is 9.21. The van der Waals surface area contributed by atoms with Gasteiger partial charge in [0.25, 0.3) is 5.91 Å². The highest BCUT2D eigenvalue weighted by atomic mass is 19.1. The summed E-state index contributed by atoms with van der Waals surface area (Å²) in [6, 6.07) is 11.4. The molecule has 0 fully saturated rings. The summed E-state index contributed by atoms with van der Waals surface area (Å²) < 4.78 is 28.9. The Labute approximate surface area is 171 Å². The predicted molar refractivity (Wildman–Crippen MR) is 108 cm³/mol. The Morgan fingerprint density at radius 3 is 2.53 bits per heavy atom. The first kappa shape index (κ1) is 21.0. The van der Waals surface area contributed by atoms with Crippen LogP contribution in [0.15, 0.2) is 57.7 Å². The summed E-state index contributed by atoms with van der Waals surface area (Å²) in [7, 11) is 0. The molecule has 156 valence electrons. The van der Waals surface area contributed by atoms with E-state index in [0.717, 1.165) is 15.8 Å². The van der Waals surface area contributed by atoms with E-state index in [9.17, 15) is 18.8 Å². The van der Waals surface area contributed by atoms with E-state index in [0.29, 0.717) is 17.0 Å². The Hall–Kier alpha value is -3.68. The molecule has 0 radical (unpaired) electrons. The molecule has 0 saturated carbocycles. The molecule has 1 amide bonds. The number of nitrogens with zero attached hydrogens (tertiary/aromatic N) is 1. The summed E-state index contributed by atoms with van der Waals surface area (Å²) in [6.07, 6.45) is 0. The molecule has 0 saturated heterocycles. The highest BCUT2D eigenvalue weighted by Crippen LogP contribution is 2.22. The smallest absolute Gasteiger partial charge is 0.336 e. The normalized spacial score (nSPS) is 10.6. The van der Waals surface area contributed by atoms with Gasteiger partial charge in [-0.25, -0.2) is 9.18 Å². The van der Waals surface area contributed by atoms with Crippen LogP contribution < -0.4 is 15.3 Å². The predicted octanol–water partition coefficient (Wildman–Crippen LogP) is 3.22. The lowest BCUT2D eigenvalue weighted by atomic mass is 10.1. The van der Waals surface area contributed by atoms with Crippen LogP contribution in [0.5, 0.6) is 5.75 Å². The van der Waals surface area contributed by atoms with Gasteiger partial charge in [0.15, 0.2) is 6.61 Å². The number of benzene rings is 2. The van der Waals surface area contributed by atoms with Gasteiger partial charge < -0.3 is 13.9 Å². The van der Waals surface area contributed by atoms with Crippen molar-refractivity contribution in [2.24, 2.45) is 0 Å². The molecule has 0 bridgehead atoms.